The van der Waals surface area contributed by atoms with Gasteiger partial charge in [-0.15, -0.1) is 0 Å². The van der Waals surface area contributed by atoms with Crippen LogP contribution in [-0.4, -0.2) is 55.2 Å². The Bertz CT molecular complexity index is 155. The molecule has 4 nitrogen and oxygen atoms in total. The molecule has 3 heterocycles. The Morgan fingerprint density at radius 3 is 2.45 bits per heavy atom. The standard InChI is InChI=1S/C7H12N2O2/c10-6-11-7-5-8-1-3-9(7)4-2-8/h6-7H,1-5H2. The summed E-state index contributed by atoms with van der Waals surface area (Å²) in [6, 6.07) is 0. The zero-order valence-electron chi connectivity index (χ0n) is 6.40. The molecule has 0 amide bonds. The van der Waals surface area contributed by atoms with Crippen LogP contribution in [0.15, 0.2) is 0 Å². The molecule has 0 aromatic rings. The fourth-order valence-corrected chi connectivity index (χ4v) is 1.76. The molecular weight excluding hydrogens is 144 g/mol. The second-order valence-corrected chi connectivity index (χ2v) is 3.02. The third-order valence-electron chi connectivity index (χ3n) is 2.44. The van der Waals surface area contributed by atoms with Gasteiger partial charge in [0.1, 0.15) is 0 Å². The maximum atomic E-state index is 10.1. The van der Waals surface area contributed by atoms with E-state index in [9.17, 15) is 4.79 Å². The fraction of sp³-hybridized carbons (Fsp3) is 0.857. The summed E-state index contributed by atoms with van der Waals surface area (Å²) >= 11 is 0. The van der Waals surface area contributed by atoms with E-state index in [1.54, 1.807) is 0 Å². The summed E-state index contributed by atoms with van der Waals surface area (Å²) in [5.74, 6) is 0. The van der Waals surface area contributed by atoms with E-state index in [-0.39, 0.29) is 6.23 Å². The Morgan fingerprint density at radius 1 is 1.27 bits per heavy atom. The minimum absolute atomic E-state index is 0.0231. The van der Waals surface area contributed by atoms with Gasteiger partial charge in [0.2, 0.25) is 0 Å². The second-order valence-electron chi connectivity index (χ2n) is 3.02. The van der Waals surface area contributed by atoms with Crippen LogP contribution < -0.4 is 0 Å². The molecule has 0 N–H and O–H groups in total. The molecule has 11 heavy (non-hydrogen) atoms. The lowest BCUT2D eigenvalue weighted by atomic mass is 10.2. The molecular formula is C7H12N2O2. The van der Waals surface area contributed by atoms with Crippen molar-refractivity contribution in [3.05, 3.63) is 0 Å². The van der Waals surface area contributed by atoms with Crippen molar-refractivity contribution in [3.8, 4) is 0 Å². The van der Waals surface area contributed by atoms with Gasteiger partial charge in [-0.05, 0) is 0 Å². The lowest BCUT2D eigenvalue weighted by molar-refractivity contribution is -0.158. The normalized spacial score (nSPS) is 42.0. The molecule has 3 fully saturated rings. The van der Waals surface area contributed by atoms with Gasteiger partial charge in [0.15, 0.2) is 6.23 Å². The summed E-state index contributed by atoms with van der Waals surface area (Å²) in [6.45, 7) is 5.76. The number of piperazine rings is 3. The Hall–Kier alpha value is -0.610. The maximum absolute atomic E-state index is 10.1. The molecule has 0 aromatic heterocycles. The minimum Gasteiger partial charge on any atom is -0.447 e. The molecule has 1 unspecified atom stereocenters. The smallest absolute Gasteiger partial charge is 0.294 e. The van der Waals surface area contributed by atoms with Gasteiger partial charge < -0.3 is 4.74 Å². The third-order valence-corrected chi connectivity index (χ3v) is 2.44. The molecule has 0 radical (unpaired) electrons. The number of rotatable bonds is 2. The van der Waals surface area contributed by atoms with Crippen molar-refractivity contribution < 1.29 is 9.53 Å². The van der Waals surface area contributed by atoms with Crippen LogP contribution >= 0.6 is 0 Å². The van der Waals surface area contributed by atoms with Crippen LogP contribution in [0.5, 0.6) is 0 Å². The monoisotopic (exact) mass is 156 g/mol. The van der Waals surface area contributed by atoms with Gasteiger partial charge in [-0.2, -0.15) is 0 Å². The van der Waals surface area contributed by atoms with E-state index in [0.29, 0.717) is 6.47 Å². The Morgan fingerprint density at radius 2 is 2.00 bits per heavy atom. The maximum Gasteiger partial charge on any atom is 0.294 e. The van der Waals surface area contributed by atoms with E-state index < -0.39 is 0 Å². The molecule has 0 aliphatic carbocycles. The topological polar surface area (TPSA) is 32.8 Å². The zero-order valence-corrected chi connectivity index (χ0v) is 6.40. The lowest BCUT2D eigenvalue weighted by Gasteiger charge is -2.45. The van der Waals surface area contributed by atoms with Crippen molar-refractivity contribution in [2.75, 3.05) is 32.7 Å². The molecule has 3 rings (SSSR count). The highest BCUT2D eigenvalue weighted by molar-refractivity contribution is 5.37. The van der Waals surface area contributed by atoms with Gasteiger partial charge in [-0.25, -0.2) is 0 Å². The van der Waals surface area contributed by atoms with Crippen molar-refractivity contribution in [2.45, 2.75) is 6.23 Å². The second kappa shape index (κ2) is 2.79. The number of carbonyl (C=O) groups excluding carboxylic acids is 1. The van der Waals surface area contributed by atoms with E-state index in [2.05, 4.69) is 9.80 Å². The number of fused-ring (bicyclic) bond motifs is 3. The third kappa shape index (κ3) is 1.23. The van der Waals surface area contributed by atoms with E-state index in [1.165, 1.54) is 0 Å². The predicted octanol–water partition coefficient (Wildman–Crippen LogP) is -0.883. The van der Waals surface area contributed by atoms with E-state index in [1.807, 2.05) is 0 Å². The first-order valence-electron chi connectivity index (χ1n) is 3.95. The summed E-state index contributed by atoms with van der Waals surface area (Å²) in [7, 11) is 0. The van der Waals surface area contributed by atoms with E-state index in [4.69, 9.17) is 4.74 Å². The average molecular weight is 156 g/mol. The first kappa shape index (κ1) is 7.06. The SMILES string of the molecule is O=COC1CN2CCN1CC2. The number of hydrogen-bond acceptors (Lipinski definition) is 4. The number of nitrogens with zero attached hydrogens (tertiary/aromatic N) is 2. The van der Waals surface area contributed by atoms with Crippen molar-refractivity contribution in [2.24, 2.45) is 0 Å². The van der Waals surface area contributed by atoms with Crippen LogP contribution in [0.3, 0.4) is 0 Å². The number of carbonyl (C=O) groups is 1. The average Bonchev–Trinajstić information content (AvgIpc) is 2.07. The van der Waals surface area contributed by atoms with Crippen molar-refractivity contribution in [1.82, 2.24) is 9.80 Å². The summed E-state index contributed by atoms with van der Waals surface area (Å²) in [5.41, 5.74) is 0. The summed E-state index contributed by atoms with van der Waals surface area (Å²) in [5, 5.41) is 0. The van der Waals surface area contributed by atoms with Gasteiger partial charge in [0.05, 0.1) is 0 Å². The highest BCUT2D eigenvalue weighted by Gasteiger charge is 2.32. The van der Waals surface area contributed by atoms with Crippen molar-refractivity contribution >= 4 is 6.47 Å². The summed E-state index contributed by atoms with van der Waals surface area (Å²) in [6.07, 6.45) is 0.0231. The Balaban J connectivity index is 1.97. The van der Waals surface area contributed by atoms with Gasteiger partial charge >= 0.3 is 0 Å². The largest absolute Gasteiger partial charge is 0.447 e. The zero-order chi connectivity index (χ0) is 7.68. The quantitative estimate of drug-likeness (QED) is 0.486. The van der Waals surface area contributed by atoms with Crippen LogP contribution in [-0.2, 0) is 9.53 Å². The number of hydrogen-bond donors (Lipinski definition) is 0. The first-order chi connectivity index (χ1) is 5.40. The molecule has 1 atom stereocenters. The molecule has 3 aliphatic heterocycles. The van der Waals surface area contributed by atoms with Crippen LogP contribution in [0.25, 0.3) is 0 Å². The molecule has 2 bridgehead atoms. The van der Waals surface area contributed by atoms with Crippen LogP contribution in [0, 0.1) is 0 Å². The van der Waals surface area contributed by atoms with Gasteiger partial charge in [-0.3, -0.25) is 14.6 Å². The summed E-state index contributed by atoms with van der Waals surface area (Å²) < 4.78 is 4.92. The Labute approximate surface area is 65.7 Å². The molecule has 0 spiro atoms. The highest BCUT2D eigenvalue weighted by Crippen LogP contribution is 2.15. The Kier molecular flexibility index (Phi) is 1.79. The molecule has 4 heteroatoms. The first-order valence-corrected chi connectivity index (χ1v) is 3.95. The van der Waals surface area contributed by atoms with Crippen LogP contribution in [0.2, 0.25) is 0 Å². The van der Waals surface area contributed by atoms with Crippen LogP contribution in [0.1, 0.15) is 0 Å². The van der Waals surface area contributed by atoms with E-state index in [0.717, 1.165) is 32.7 Å². The lowest BCUT2D eigenvalue weighted by Crippen LogP contribution is -2.61. The minimum atomic E-state index is 0.0231. The molecule has 0 saturated carbocycles. The van der Waals surface area contributed by atoms with Gasteiger partial charge in [-0.1, -0.05) is 0 Å². The molecule has 0 aromatic carbocycles. The fourth-order valence-electron chi connectivity index (χ4n) is 1.76. The van der Waals surface area contributed by atoms with Gasteiger partial charge in [0.25, 0.3) is 6.47 Å². The highest BCUT2D eigenvalue weighted by atomic mass is 16.5. The molecule has 3 saturated heterocycles. The van der Waals surface area contributed by atoms with Crippen molar-refractivity contribution in [1.29, 1.82) is 0 Å². The van der Waals surface area contributed by atoms with Gasteiger partial charge in [0, 0.05) is 32.7 Å². The predicted molar refractivity (Wildman–Crippen MR) is 39.0 cm³/mol. The summed E-state index contributed by atoms with van der Waals surface area (Å²) in [4.78, 5) is 14.6. The number of ether oxygens (including phenoxy) is 1. The molecule has 3 aliphatic rings. The van der Waals surface area contributed by atoms with Crippen molar-refractivity contribution in [3.63, 3.8) is 0 Å². The van der Waals surface area contributed by atoms with Crippen LogP contribution in [0.4, 0.5) is 0 Å². The van der Waals surface area contributed by atoms with E-state index >= 15 is 0 Å². The molecule has 62 valence electrons.